The van der Waals surface area contributed by atoms with Crippen molar-refractivity contribution < 1.29 is 14.3 Å². The molecule has 0 spiro atoms. The summed E-state index contributed by atoms with van der Waals surface area (Å²) in [6.07, 6.45) is 4.29. The molecule has 0 N–H and O–H groups in total. The molecule has 1 unspecified atom stereocenters. The smallest absolute Gasteiger partial charge is 0.313 e. The van der Waals surface area contributed by atoms with E-state index in [1.807, 2.05) is 6.92 Å². The van der Waals surface area contributed by atoms with Crippen molar-refractivity contribution in [3.63, 3.8) is 0 Å². The van der Waals surface area contributed by atoms with Crippen LogP contribution in [0, 0.1) is 5.92 Å². The lowest BCUT2D eigenvalue weighted by atomic mass is 10.0. The molecule has 3 heteroatoms. The Morgan fingerprint density at radius 3 is 2.27 bits per heavy atom. The average molecular weight is 214 g/mol. The third kappa shape index (κ3) is 8.16. The van der Waals surface area contributed by atoms with Gasteiger partial charge in [-0.15, -0.1) is 0 Å². The van der Waals surface area contributed by atoms with E-state index in [0.717, 1.165) is 25.7 Å². The first kappa shape index (κ1) is 14.1. The number of esters is 2. The average Bonchev–Trinajstić information content (AvgIpc) is 2.22. The van der Waals surface area contributed by atoms with E-state index in [0.29, 0.717) is 18.8 Å². The monoisotopic (exact) mass is 214 g/mol. The lowest BCUT2D eigenvalue weighted by Gasteiger charge is -2.06. The molecule has 1 atom stereocenters. The van der Waals surface area contributed by atoms with Crippen LogP contribution in [-0.4, -0.2) is 11.9 Å². The highest BCUT2D eigenvalue weighted by molar-refractivity contribution is 5.85. The van der Waals surface area contributed by atoms with E-state index in [1.54, 1.807) is 0 Å². The van der Waals surface area contributed by atoms with Gasteiger partial charge in [0.25, 0.3) is 0 Å². The Hall–Kier alpha value is -0.860. The maximum atomic E-state index is 11.2. The fraction of sp³-hybridized carbons (Fsp3) is 0.833. The molecular weight excluding hydrogens is 192 g/mol. The summed E-state index contributed by atoms with van der Waals surface area (Å²) in [4.78, 5) is 22.3. The quantitative estimate of drug-likeness (QED) is 0.483. The van der Waals surface area contributed by atoms with Crippen molar-refractivity contribution in [1.29, 1.82) is 0 Å². The zero-order valence-electron chi connectivity index (χ0n) is 10.0. The van der Waals surface area contributed by atoms with Gasteiger partial charge in [0.15, 0.2) is 0 Å². The predicted octanol–water partition coefficient (Wildman–Crippen LogP) is 3.07. The number of unbranched alkanes of at least 4 members (excludes halogenated alkanes) is 1. The summed E-state index contributed by atoms with van der Waals surface area (Å²) in [5.41, 5.74) is 0. The van der Waals surface area contributed by atoms with Crippen LogP contribution in [0.2, 0.25) is 0 Å². The van der Waals surface area contributed by atoms with E-state index >= 15 is 0 Å². The molecule has 0 amide bonds. The Kier molecular flexibility index (Phi) is 7.96. The Bertz CT molecular complexity index is 199. The molecule has 0 saturated heterocycles. The molecule has 0 aromatic carbocycles. The van der Waals surface area contributed by atoms with Gasteiger partial charge in [-0.2, -0.15) is 0 Å². The minimum atomic E-state index is -0.383. The topological polar surface area (TPSA) is 43.4 Å². The van der Waals surface area contributed by atoms with Crippen LogP contribution in [0.5, 0.6) is 0 Å². The number of ether oxygens (including phenoxy) is 1. The van der Waals surface area contributed by atoms with E-state index in [2.05, 4.69) is 18.6 Å². The third-order valence-corrected chi connectivity index (χ3v) is 2.50. The van der Waals surface area contributed by atoms with Crippen LogP contribution in [-0.2, 0) is 14.3 Å². The van der Waals surface area contributed by atoms with Crippen LogP contribution in [0.4, 0.5) is 0 Å². The highest BCUT2D eigenvalue weighted by Crippen LogP contribution is 2.10. The molecule has 15 heavy (non-hydrogen) atoms. The Morgan fingerprint density at radius 1 is 1.13 bits per heavy atom. The molecule has 0 aliphatic heterocycles. The van der Waals surface area contributed by atoms with Crippen LogP contribution in [0.3, 0.4) is 0 Å². The van der Waals surface area contributed by atoms with E-state index in [-0.39, 0.29) is 11.9 Å². The van der Waals surface area contributed by atoms with Gasteiger partial charge in [0.1, 0.15) is 0 Å². The number of hydrogen-bond donors (Lipinski definition) is 0. The van der Waals surface area contributed by atoms with Gasteiger partial charge in [0, 0.05) is 12.8 Å². The molecule has 0 aliphatic rings. The summed E-state index contributed by atoms with van der Waals surface area (Å²) in [6.45, 7) is 6.17. The Morgan fingerprint density at radius 2 is 1.73 bits per heavy atom. The molecule has 0 bridgehead atoms. The van der Waals surface area contributed by atoms with E-state index in [1.165, 1.54) is 0 Å². The van der Waals surface area contributed by atoms with Crippen molar-refractivity contribution in [3.8, 4) is 0 Å². The van der Waals surface area contributed by atoms with Crippen LogP contribution >= 0.6 is 0 Å². The summed E-state index contributed by atoms with van der Waals surface area (Å²) in [7, 11) is 0. The summed E-state index contributed by atoms with van der Waals surface area (Å²) in [6, 6.07) is 0. The molecule has 0 aromatic heterocycles. The molecule has 0 rings (SSSR count). The third-order valence-electron chi connectivity index (χ3n) is 2.50. The van der Waals surface area contributed by atoms with Crippen molar-refractivity contribution in [3.05, 3.63) is 0 Å². The molecule has 0 saturated carbocycles. The van der Waals surface area contributed by atoms with Gasteiger partial charge in [0.05, 0.1) is 0 Å². The van der Waals surface area contributed by atoms with Gasteiger partial charge in [0.2, 0.25) is 0 Å². The van der Waals surface area contributed by atoms with E-state index in [4.69, 9.17) is 0 Å². The van der Waals surface area contributed by atoms with Crippen molar-refractivity contribution in [1.82, 2.24) is 0 Å². The van der Waals surface area contributed by atoms with Crippen molar-refractivity contribution >= 4 is 11.9 Å². The number of rotatable bonds is 7. The number of carbonyl (C=O) groups excluding carboxylic acids is 2. The minimum Gasteiger partial charge on any atom is -0.393 e. The number of hydrogen-bond acceptors (Lipinski definition) is 3. The van der Waals surface area contributed by atoms with Gasteiger partial charge >= 0.3 is 11.9 Å². The lowest BCUT2D eigenvalue weighted by Crippen LogP contribution is -2.12. The second-order valence-corrected chi connectivity index (χ2v) is 4.00. The van der Waals surface area contributed by atoms with Gasteiger partial charge in [-0.25, -0.2) is 0 Å². The normalized spacial score (nSPS) is 12.2. The zero-order valence-corrected chi connectivity index (χ0v) is 10.0. The first-order chi connectivity index (χ1) is 7.10. The highest BCUT2D eigenvalue weighted by Gasteiger charge is 2.10. The van der Waals surface area contributed by atoms with Crippen molar-refractivity contribution in [2.24, 2.45) is 5.92 Å². The number of carbonyl (C=O) groups is 2. The SMILES string of the molecule is CCCCC(=O)OC(=O)CCC(C)CC. The maximum Gasteiger partial charge on any atom is 0.313 e. The van der Waals surface area contributed by atoms with E-state index < -0.39 is 0 Å². The fourth-order valence-corrected chi connectivity index (χ4v) is 1.12. The largest absolute Gasteiger partial charge is 0.393 e. The second-order valence-electron chi connectivity index (χ2n) is 4.00. The molecular formula is C12H22O3. The second kappa shape index (κ2) is 8.45. The first-order valence-corrected chi connectivity index (χ1v) is 5.83. The van der Waals surface area contributed by atoms with E-state index in [9.17, 15) is 9.59 Å². The van der Waals surface area contributed by atoms with Gasteiger partial charge in [-0.1, -0.05) is 33.6 Å². The van der Waals surface area contributed by atoms with Gasteiger partial charge in [-0.3, -0.25) is 9.59 Å². The molecule has 3 nitrogen and oxygen atoms in total. The summed E-state index contributed by atoms with van der Waals surface area (Å²) >= 11 is 0. The van der Waals surface area contributed by atoms with Gasteiger partial charge < -0.3 is 4.74 Å². The van der Waals surface area contributed by atoms with Crippen LogP contribution in [0.1, 0.15) is 59.3 Å². The fourth-order valence-electron chi connectivity index (χ4n) is 1.12. The highest BCUT2D eigenvalue weighted by atomic mass is 16.6. The molecule has 0 aliphatic carbocycles. The van der Waals surface area contributed by atoms with Crippen LogP contribution < -0.4 is 0 Å². The molecule has 88 valence electrons. The minimum absolute atomic E-state index is 0.353. The molecule has 0 heterocycles. The van der Waals surface area contributed by atoms with Crippen molar-refractivity contribution in [2.75, 3.05) is 0 Å². The van der Waals surface area contributed by atoms with Crippen LogP contribution in [0.15, 0.2) is 0 Å². The standard InChI is InChI=1S/C12H22O3/c1-4-6-7-11(13)15-12(14)9-8-10(3)5-2/h10H,4-9H2,1-3H3. The molecule has 0 aromatic rings. The maximum absolute atomic E-state index is 11.2. The van der Waals surface area contributed by atoms with Crippen LogP contribution in [0.25, 0.3) is 0 Å². The van der Waals surface area contributed by atoms with Gasteiger partial charge in [-0.05, 0) is 18.8 Å². The molecule has 0 radical (unpaired) electrons. The molecule has 0 fully saturated rings. The Balaban J connectivity index is 3.60. The summed E-state index contributed by atoms with van der Waals surface area (Å²) in [5, 5.41) is 0. The summed E-state index contributed by atoms with van der Waals surface area (Å²) < 4.78 is 4.67. The lowest BCUT2D eigenvalue weighted by molar-refractivity contribution is -0.159. The predicted molar refractivity (Wildman–Crippen MR) is 59.3 cm³/mol. The first-order valence-electron chi connectivity index (χ1n) is 5.83. The zero-order chi connectivity index (χ0) is 11.7. The van der Waals surface area contributed by atoms with Crippen molar-refractivity contribution in [2.45, 2.75) is 59.3 Å². The summed E-state index contributed by atoms with van der Waals surface area (Å²) in [5.74, 6) is -0.245. The Labute approximate surface area is 92.2 Å².